The molecular weight excluding hydrogens is 279 g/mol. The molecule has 20 heavy (non-hydrogen) atoms. The zero-order valence-corrected chi connectivity index (χ0v) is 12.1. The molecule has 2 rings (SSSR count). The van der Waals surface area contributed by atoms with Gasteiger partial charge in [-0.2, -0.15) is 0 Å². The molecule has 1 heterocycles. The van der Waals surface area contributed by atoms with E-state index in [2.05, 4.69) is 4.99 Å². The van der Waals surface area contributed by atoms with Gasteiger partial charge in [0.25, 0.3) is 0 Å². The minimum absolute atomic E-state index is 0.226. The van der Waals surface area contributed by atoms with E-state index in [1.165, 1.54) is 23.9 Å². The van der Waals surface area contributed by atoms with E-state index in [-0.39, 0.29) is 11.9 Å². The van der Waals surface area contributed by atoms with Crippen molar-refractivity contribution in [2.75, 3.05) is 25.5 Å². The Morgan fingerprint density at radius 2 is 2.25 bits per heavy atom. The minimum atomic E-state index is -0.266. The Morgan fingerprint density at radius 1 is 1.45 bits per heavy atom. The fourth-order valence-corrected chi connectivity index (χ4v) is 2.40. The predicted octanol–water partition coefficient (Wildman–Crippen LogP) is 2.43. The van der Waals surface area contributed by atoms with Gasteiger partial charge in [0.2, 0.25) is 0 Å². The molecule has 110 valence electrons. The van der Waals surface area contributed by atoms with Crippen LogP contribution in [0.15, 0.2) is 29.3 Å². The van der Waals surface area contributed by atoms with Crippen LogP contribution in [0.4, 0.5) is 4.39 Å². The lowest BCUT2D eigenvalue weighted by molar-refractivity contribution is 0.118. The highest BCUT2D eigenvalue weighted by molar-refractivity contribution is 8.13. The van der Waals surface area contributed by atoms with Crippen LogP contribution in [0.3, 0.4) is 0 Å². The first-order chi connectivity index (χ1) is 9.74. The molecule has 0 bridgehead atoms. The topological polar surface area (TPSA) is 56.8 Å². The van der Waals surface area contributed by atoms with Crippen LogP contribution in [0.5, 0.6) is 5.75 Å². The predicted molar refractivity (Wildman–Crippen MR) is 79.8 cm³/mol. The van der Waals surface area contributed by atoms with Crippen molar-refractivity contribution in [2.24, 2.45) is 10.7 Å². The number of amidine groups is 1. The van der Waals surface area contributed by atoms with Gasteiger partial charge in [0.05, 0.1) is 19.3 Å². The van der Waals surface area contributed by atoms with Gasteiger partial charge in [-0.25, -0.2) is 4.39 Å². The average molecular weight is 298 g/mol. The molecule has 1 atom stereocenters. The Kier molecular flexibility index (Phi) is 6.14. The summed E-state index contributed by atoms with van der Waals surface area (Å²) in [5.41, 5.74) is 5.80. The van der Waals surface area contributed by atoms with Crippen molar-refractivity contribution in [2.45, 2.75) is 18.9 Å². The number of nitrogens with zero attached hydrogens (tertiary/aromatic N) is 1. The fourth-order valence-electron chi connectivity index (χ4n) is 1.86. The van der Waals surface area contributed by atoms with Crippen LogP contribution >= 0.6 is 11.8 Å². The Hall–Kier alpha value is -1.27. The minimum Gasteiger partial charge on any atom is -0.493 e. The zero-order chi connectivity index (χ0) is 14.2. The van der Waals surface area contributed by atoms with E-state index in [0.717, 1.165) is 19.4 Å². The van der Waals surface area contributed by atoms with Crippen LogP contribution in [0, 0.1) is 5.82 Å². The number of nitrogens with two attached hydrogens (primary N) is 1. The molecule has 0 unspecified atom stereocenters. The molecule has 1 aromatic carbocycles. The largest absolute Gasteiger partial charge is 0.493 e. The van der Waals surface area contributed by atoms with Gasteiger partial charge in [-0.05, 0) is 37.1 Å². The lowest BCUT2D eigenvalue weighted by Crippen LogP contribution is -2.15. The maximum Gasteiger partial charge on any atom is 0.154 e. The smallest absolute Gasteiger partial charge is 0.154 e. The van der Waals surface area contributed by atoms with Gasteiger partial charge in [0.15, 0.2) is 5.17 Å². The number of rotatable bonds is 6. The SMILES string of the molecule is NC(=NC[C@@H]1CCCO1)SCCOc1ccc(F)cc1. The maximum atomic E-state index is 12.7. The van der Waals surface area contributed by atoms with Crippen molar-refractivity contribution in [3.05, 3.63) is 30.1 Å². The molecule has 0 saturated carbocycles. The molecule has 0 amide bonds. The van der Waals surface area contributed by atoms with Crippen molar-refractivity contribution in [1.82, 2.24) is 0 Å². The highest BCUT2D eigenvalue weighted by Crippen LogP contribution is 2.13. The first-order valence-corrected chi connectivity index (χ1v) is 7.65. The molecule has 1 aliphatic heterocycles. The molecule has 1 aliphatic rings. The van der Waals surface area contributed by atoms with Crippen LogP contribution in [0.25, 0.3) is 0 Å². The van der Waals surface area contributed by atoms with E-state index in [1.54, 1.807) is 12.1 Å². The van der Waals surface area contributed by atoms with Crippen LogP contribution < -0.4 is 10.5 Å². The summed E-state index contributed by atoms with van der Waals surface area (Å²) in [4.78, 5) is 4.29. The van der Waals surface area contributed by atoms with E-state index in [0.29, 0.717) is 29.8 Å². The monoisotopic (exact) mass is 298 g/mol. The summed E-state index contributed by atoms with van der Waals surface area (Å²) < 4.78 is 23.6. The molecule has 0 spiro atoms. The second-order valence-corrected chi connectivity index (χ2v) is 5.58. The summed E-state index contributed by atoms with van der Waals surface area (Å²) in [5, 5.41) is 0.559. The number of benzene rings is 1. The van der Waals surface area contributed by atoms with Crippen LogP contribution in [-0.4, -0.2) is 36.8 Å². The molecule has 0 aliphatic carbocycles. The maximum absolute atomic E-state index is 12.7. The van der Waals surface area contributed by atoms with E-state index in [9.17, 15) is 4.39 Å². The quantitative estimate of drug-likeness (QED) is 0.498. The Balaban J connectivity index is 1.59. The van der Waals surface area contributed by atoms with Gasteiger partial charge in [-0.15, -0.1) is 0 Å². The van der Waals surface area contributed by atoms with Gasteiger partial charge in [-0.3, -0.25) is 4.99 Å². The molecule has 4 nitrogen and oxygen atoms in total. The summed E-state index contributed by atoms with van der Waals surface area (Å²) in [6, 6.07) is 5.96. The molecule has 0 radical (unpaired) electrons. The lowest BCUT2D eigenvalue weighted by Gasteiger charge is -2.07. The Morgan fingerprint density at radius 3 is 2.95 bits per heavy atom. The average Bonchev–Trinajstić information content (AvgIpc) is 2.96. The van der Waals surface area contributed by atoms with Gasteiger partial charge in [-0.1, -0.05) is 11.8 Å². The van der Waals surface area contributed by atoms with E-state index in [1.807, 2.05) is 0 Å². The molecule has 6 heteroatoms. The summed E-state index contributed by atoms with van der Waals surface area (Å²) in [6.45, 7) is 1.98. The number of hydrogen-bond acceptors (Lipinski definition) is 4. The van der Waals surface area contributed by atoms with Gasteiger partial charge < -0.3 is 15.2 Å². The molecule has 1 aromatic rings. The first-order valence-electron chi connectivity index (χ1n) is 6.67. The van der Waals surface area contributed by atoms with Crippen molar-refractivity contribution in [1.29, 1.82) is 0 Å². The third-order valence-electron chi connectivity index (χ3n) is 2.89. The summed E-state index contributed by atoms with van der Waals surface area (Å²) in [6.07, 6.45) is 2.40. The van der Waals surface area contributed by atoms with Crippen molar-refractivity contribution in [3.8, 4) is 5.75 Å². The van der Waals surface area contributed by atoms with Crippen molar-refractivity contribution >= 4 is 16.9 Å². The first kappa shape index (κ1) is 15.1. The number of halogens is 1. The highest BCUT2D eigenvalue weighted by Gasteiger charge is 2.14. The second kappa shape index (κ2) is 8.11. The van der Waals surface area contributed by atoms with Crippen LogP contribution in [-0.2, 0) is 4.74 Å². The Labute approximate surface area is 122 Å². The van der Waals surface area contributed by atoms with Crippen molar-refractivity contribution < 1.29 is 13.9 Å². The molecule has 1 saturated heterocycles. The fraction of sp³-hybridized carbons (Fsp3) is 0.500. The number of hydrogen-bond donors (Lipinski definition) is 1. The van der Waals surface area contributed by atoms with Gasteiger partial charge in [0.1, 0.15) is 11.6 Å². The highest BCUT2D eigenvalue weighted by atomic mass is 32.2. The number of ether oxygens (including phenoxy) is 2. The van der Waals surface area contributed by atoms with E-state index < -0.39 is 0 Å². The van der Waals surface area contributed by atoms with Crippen molar-refractivity contribution in [3.63, 3.8) is 0 Å². The van der Waals surface area contributed by atoms with E-state index >= 15 is 0 Å². The molecule has 1 fully saturated rings. The normalized spacial score (nSPS) is 19.2. The summed E-state index contributed by atoms with van der Waals surface area (Å²) in [7, 11) is 0. The zero-order valence-electron chi connectivity index (χ0n) is 11.3. The van der Waals surface area contributed by atoms with Crippen LogP contribution in [0.1, 0.15) is 12.8 Å². The summed E-state index contributed by atoms with van der Waals surface area (Å²) in [5.74, 6) is 1.09. The van der Waals surface area contributed by atoms with Gasteiger partial charge >= 0.3 is 0 Å². The van der Waals surface area contributed by atoms with E-state index in [4.69, 9.17) is 15.2 Å². The number of thioether (sulfide) groups is 1. The molecular formula is C14H19FN2O2S. The third-order valence-corrected chi connectivity index (χ3v) is 3.69. The summed E-state index contributed by atoms with van der Waals surface area (Å²) >= 11 is 1.46. The Bertz CT molecular complexity index is 433. The van der Waals surface area contributed by atoms with Crippen LogP contribution in [0.2, 0.25) is 0 Å². The second-order valence-electron chi connectivity index (χ2n) is 4.46. The third kappa shape index (κ3) is 5.38. The standard InChI is InChI=1S/C14H19FN2O2S/c15-11-3-5-12(6-4-11)19-8-9-20-14(16)17-10-13-2-1-7-18-13/h3-6,13H,1-2,7-10H2,(H2,16,17)/t13-/m0/s1. The lowest BCUT2D eigenvalue weighted by atomic mass is 10.2. The van der Waals surface area contributed by atoms with Gasteiger partial charge in [0, 0.05) is 12.4 Å². The number of aliphatic imine (C=N–C) groups is 1. The molecule has 0 aromatic heterocycles. The molecule has 2 N–H and O–H groups in total.